The Hall–Kier alpha value is -1.14. The van der Waals surface area contributed by atoms with E-state index in [9.17, 15) is 14.7 Å². The first-order valence-corrected chi connectivity index (χ1v) is 13.5. The minimum absolute atomic E-state index is 0.00327. The third-order valence-corrected chi connectivity index (χ3v) is 8.80. The molecule has 0 aromatic heterocycles. The molecule has 0 aromatic rings. The first-order chi connectivity index (χ1) is 15.5. The minimum Gasteiger partial charge on any atom is -0.481 e. The highest BCUT2D eigenvalue weighted by Gasteiger charge is 2.62. The monoisotopic (exact) mass is 480 g/mol. The highest BCUT2D eigenvalue weighted by Crippen LogP contribution is 2.56. The van der Waals surface area contributed by atoms with E-state index < -0.39 is 17.4 Å². The van der Waals surface area contributed by atoms with Gasteiger partial charge in [-0.3, -0.25) is 9.59 Å². The summed E-state index contributed by atoms with van der Waals surface area (Å²) in [5, 5.41) is 27.5. The molecule has 2 heterocycles. The summed E-state index contributed by atoms with van der Waals surface area (Å²) in [4.78, 5) is 24.2. The molecule has 2 unspecified atom stereocenters. The number of carboxylic acids is 2. The number of unbranched alkanes of at least 4 members (excludes halogenated alkanes) is 4. The van der Waals surface area contributed by atoms with Gasteiger partial charge in [-0.15, -0.1) is 0 Å². The molecule has 0 aliphatic carbocycles. The Bertz CT molecular complexity index is 688. The van der Waals surface area contributed by atoms with Crippen LogP contribution in [-0.4, -0.2) is 44.3 Å². The summed E-state index contributed by atoms with van der Waals surface area (Å²) in [7, 11) is 0. The standard InChI is InChI=1S/C28H52N2O4/c1-24(2)18-15-20(26(5,6)29-24)28(23(33)34,17-13-11-9-10-12-14-22(31)32)21-16-19-25(3,4)30-27(21,7)8/h20-21,29-30H,9-19H2,1-8H3,(H,31,32)(H,33,34). The molecule has 34 heavy (non-hydrogen) atoms. The zero-order chi connectivity index (χ0) is 26.0. The summed E-state index contributed by atoms with van der Waals surface area (Å²) >= 11 is 0. The molecule has 198 valence electrons. The van der Waals surface area contributed by atoms with E-state index in [2.05, 4.69) is 66.0 Å². The number of aliphatic carboxylic acids is 2. The van der Waals surface area contributed by atoms with Crippen molar-refractivity contribution in [2.45, 2.75) is 148 Å². The molecule has 2 atom stereocenters. The quantitative estimate of drug-likeness (QED) is 0.271. The summed E-state index contributed by atoms with van der Waals surface area (Å²) in [5.74, 6) is -1.32. The molecule has 0 saturated carbocycles. The molecule has 6 nitrogen and oxygen atoms in total. The summed E-state index contributed by atoms with van der Waals surface area (Å²) in [6.07, 6.45) is 9.02. The maximum atomic E-state index is 13.4. The van der Waals surface area contributed by atoms with Gasteiger partial charge in [0.1, 0.15) is 0 Å². The summed E-state index contributed by atoms with van der Waals surface area (Å²) in [6.45, 7) is 17.7. The lowest BCUT2D eigenvalue weighted by Gasteiger charge is -2.61. The smallest absolute Gasteiger partial charge is 0.310 e. The lowest BCUT2D eigenvalue weighted by Crippen LogP contribution is -2.70. The average Bonchev–Trinajstić information content (AvgIpc) is 2.62. The van der Waals surface area contributed by atoms with Gasteiger partial charge in [0.15, 0.2) is 0 Å². The maximum Gasteiger partial charge on any atom is 0.310 e. The maximum absolute atomic E-state index is 13.4. The van der Waals surface area contributed by atoms with Gasteiger partial charge >= 0.3 is 11.9 Å². The van der Waals surface area contributed by atoms with Crippen LogP contribution in [0.2, 0.25) is 0 Å². The molecule has 0 spiro atoms. The Morgan fingerprint density at radius 3 is 1.53 bits per heavy atom. The molecule has 2 rings (SSSR count). The Labute approximate surface area is 208 Å². The van der Waals surface area contributed by atoms with Crippen LogP contribution in [0.4, 0.5) is 0 Å². The largest absolute Gasteiger partial charge is 0.481 e. The number of nitrogens with one attached hydrogen (secondary N) is 2. The third-order valence-electron chi connectivity index (χ3n) is 8.80. The molecule has 0 aromatic carbocycles. The fourth-order valence-corrected chi connectivity index (χ4v) is 7.80. The minimum atomic E-state index is -0.818. The summed E-state index contributed by atoms with van der Waals surface area (Å²) in [6, 6.07) is 0. The molecular weight excluding hydrogens is 428 g/mol. The number of hydrogen-bond acceptors (Lipinski definition) is 4. The van der Waals surface area contributed by atoms with Crippen LogP contribution in [0.3, 0.4) is 0 Å². The van der Waals surface area contributed by atoms with Gasteiger partial charge in [-0.2, -0.15) is 0 Å². The van der Waals surface area contributed by atoms with Gasteiger partial charge in [0, 0.05) is 28.6 Å². The van der Waals surface area contributed by atoms with Gasteiger partial charge in [-0.25, -0.2) is 0 Å². The molecule has 4 N–H and O–H groups in total. The summed E-state index contributed by atoms with van der Waals surface area (Å²) < 4.78 is 0. The lowest BCUT2D eigenvalue weighted by atomic mass is 9.50. The third kappa shape index (κ3) is 6.75. The van der Waals surface area contributed by atoms with Crippen LogP contribution in [0, 0.1) is 17.3 Å². The van der Waals surface area contributed by atoms with Crippen molar-refractivity contribution in [2.75, 3.05) is 0 Å². The van der Waals surface area contributed by atoms with Gasteiger partial charge < -0.3 is 20.8 Å². The van der Waals surface area contributed by atoms with Crippen LogP contribution in [-0.2, 0) is 9.59 Å². The highest BCUT2D eigenvalue weighted by atomic mass is 16.4. The molecule has 2 aliphatic heterocycles. The van der Waals surface area contributed by atoms with E-state index in [-0.39, 0.29) is 40.4 Å². The molecule has 0 amide bonds. The van der Waals surface area contributed by atoms with E-state index in [1.165, 1.54) is 0 Å². The molecule has 2 aliphatic rings. The predicted molar refractivity (Wildman–Crippen MR) is 138 cm³/mol. The van der Waals surface area contributed by atoms with Gasteiger partial charge in [-0.05, 0) is 106 Å². The van der Waals surface area contributed by atoms with Gasteiger partial charge in [0.2, 0.25) is 0 Å². The van der Waals surface area contributed by atoms with Crippen LogP contribution in [0.5, 0.6) is 0 Å². The van der Waals surface area contributed by atoms with Crippen molar-refractivity contribution in [3.8, 4) is 0 Å². The Morgan fingerprint density at radius 1 is 0.735 bits per heavy atom. The van der Waals surface area contributed by atoms with Crippen molar-refractivity contribution in [3.05, 3.63) is 0 Å². The van der Waals surface area contributed by atoms with Crippen molar-refractivity contribution >= 4 is 11.9 Å². The van der Waals surface area contributed by atoms with E-state index in [0.29, 0.717) is 12.8 Å². The van der Waals surface area contributed by atoms with Crippen LogP contribution >= 0.6 is 0 Å². The predicted octanol–water partition coefficient (Wildman–Crippen LogP) is 5.99. The topological polar surface area (TPSA) is 98.7 Å². The molecule has 0 bridgehead atoms. The Morgan fingerprint density at radius 2 is 1.15 bits per heavy atom. The van der Waals surface area contributed by atoms with E-state index >= 15 is 0 Å². The number of rotatable bonds is 11. The molecule has 2 saturated heterocycles. The van der Waals surface area contributed by atoms with Gasteiger partial charge in [0.25, 0.3) is 0 Å². The highest BCUT2D eigenvalue weighted by molar-refractivity contribution is 5.76. The van der Waals surface area contributed by atoms with Crippen LogP contribution in [0.25, 0.3) is 0 Å². The first-order valence-electron chi connectivity index (χ1n) is 13.5. The summed E-state index contributed by atoms with van der Waals surface area (Å²) in [5.41, 5.74) is -1.40. The fraction of sp³-hybridized carbons (Fsp3) is 0.929. The number of carboxylic acid groups (broad SMARTS) is 2. The molecule has 6 heteroatoms. The van der Waals surface area contributed by atoms with Gasteiger partial charge in [0.05, 0.1) is 5.41 Å². The fourth-order valence-electron chi connectivity index (χ4n) is 7.80. The second-order valence-electron chi connectivity index (χ2n) is 13.7. The van der Waals surface area contributed by atoms with Crippen LogP contribution < -0.4 is 10.6 Å². The second-order valence-corrected chi connectivity index (χ2v) is 13.7. The zero-order valence-electron chi connectivity index (χ0n) is 23.1. The SMILES string of the molecule is CC1(C)CCC(C(CCCCCCCC(=O)O)(C(=O)O)C2CCC(C)(C)NC2(C)C)C(C)(C)N1. The molecule has 2 fully saturated rings. The van der Waals surface area contributed by atoms with E-state index in [1.807, 2.05) is 0 Å². The zero-order valence-corrected chi connectivity index (χ0v) is 23.1. The van der Waals surface area contributed by atoms with Crippen LogP contribution in [0.15, 0.2) is 0 Å². The van der Waals surface area contributed by atoms with Crippen molar-refractivity contribution < 1.29 is 19.8 Å². The van der Waals surface area contributed by atoms with E-state index in [0.717, 1.165) is 51.4 Å². The van der Waals surface area contributed by atoms with Crippen molar-refractivity contribution in [2.24, 2.45) is 17.3 Å². The Balaban J connectivity index is 2.35. The molecule has 0 radical (unpaired) electrons. The lowest BCUT2D eigenvalue weighted by molar-refractivity contribution is -0.172. The van der Waals surface area contributed by atoms with Crippen molar-refractivity contribution in [1.29, 1.82) is 0 Å². The number of piperidine rings is 2. The first kappa shape index (κ1) is 29.1. The van der Waals surface area contributed by atoms with E-state index in [4.69, 9.17) is 5.11 Å². The van der Waals surface area contributed by atoms with Crippen molar-refractivity contribution in [3.63, 3.8) is 0 Å². The van der Waals surface area contributed by atoms with Crippen LogP contribution in [0.1, 0.15) is 126 Å². The van der Waals surface area contributed by atoms with Gasteiger partial charge in [-0.1, -0.05) is 25.7 Å². The van der Waals surface area contributed by atoms with E-state index in [1.54, 1.807) is 0 Å². The average molecular weight is 481 g/mol. The number of carbonyl (C=O) groups is 2. The normalized spacial score (nSPS) is 29.2. The number of hydrogen-bond donors (Lipinski definition) is 4. The Kier molecular flexibility index (Phi) is 8.95. The molecular formula is C28H52N2O4. The van der Waals surface area contributed by atoms with Crippen molar-refractivity contribution in [1.82, 2.24) is 10.6 Å². The second kappa shape index (κ2) is 10.5.